The Morgan fingerprint density at radius 3 is 2.63 bits per heavy atom. The maximum atomic E-state index is 12.6. The fourth-order valence-electron chi connectivity index (χ4n) is 3.05. The zero-order chi connectivity index (χ0) is 19.1. The Bertz CT molecular complexity index is 745. The topological polar surface area (TPSA) is 32.3 Å². The summed E-state index contributed by atoms with van der Waals surface area (Å²) in [5, 5.41) is 3.11. The van der Waals surface area contributed by atoms with Gasteiger partial charge in [-0.15, -0.1) is 11.8 Å². The van der Waals surface area contributed by atoms with Crippen LogP contribution in [0.1, 0.15) is 18.1 Å². The Kier molecular flexibility index (Phi) is 7.68. The number of nitrogens with one attached hydrogen (secondary N) is 1. The number of hydrogen-bond donors (Lipinski definition) is 1. The average molecular weight is 401 g/mol. The van der Waals surface area contributed by atoms with Gasteiger partial charge in [0.2, 0.25) is 5.91 Å². The summed E-state index contributed by atoms with van der Waals surface area (Å²) in [7, 11) is 0. The molecule has 0 radical (unpaired) electrons. The van der Waals surface area contributed by atoms with Gasteiger partial charge in [-0.25, -0.2) is 0 Å². The van der Waals surface area contributed by atoms with Crippen LogP contribution in [0, 0.1) is 12.8 Å². The van der Waals surface area contributed by atoms with E-state index in [2.05, 4.69) is 47.5 Å². The summed E-state index contributed by atoms with van der Waals surface area (Å²) in [6.45, 7) is 7.40. The van der Waals surface area contributed by atoms with E-state index in [1.54, 1.807) is 11.8 Å². The molecule has 1 fully saturated rings. The third-order valence-corrected chi connectivity index (χ3v) is 6.96. The molecular weight excluding hydrogens is 372 g/mol. The number of nitrogens with zero attached hydrogens (tertiary/aromatic N) is 1. The molecule has 1 amide bonds. The van der Waals surface area contributed by atoms with E-state index in [1.807, 2.05) is 36.9 Å². The predicted molar refractivity (Wildman–Crippen MR) is 119 cm³/mol. The lowest BCUT2D eigenvalue weighted by Crippen LogP contribution is -2.32. The quantitative estimate of drug-likeness (QED) is 0.669. The van der Waals surface area contributed by atoms with Gasteiger partial charge >= 0.3 is 0 Å². The molecule has 1 atom stereocenters. The van der Waals surface area contributed by atoms with Gasteiger partial charge in [-0.05, 0) is 36.2 Å². The molecule has 0 aliphatic carbocycles. The molecule has 2 aromatic rings. The maximum absolute atomic E-state index is 12.6. The first-order valence-electron chi connectivity index (χ1n) is 9.50. The number of thioether (sulfide) groups is 2. The van der Waals surface area contributed by atoms with E-state index >= 15 is 0 Å². The molecule has 1 aliphatic heterocycles. The van der Waals surface area contributed by atoms with Crippen molar-refractivity contribution < 1.29 is 4.79 Å². The van der Waals surface area contributed by atoms with Gasteiger partial charge in [0.05, 0.1) is 0 Å². The van der Waals surface area contributed by atoms with Crippen molar-refractivity contribution in [3.8, 4) is 0 Å². The molecule has 3 nitrogen and oxygen atoms in total. The van der Waals surface area contributed by atoms with Crippen LogP contribution in [0.3, 0.4) is 0 Å². The third kappa shape index (κ3) is 6.30. The Hall–Kier alpha value is -1.43. The van der Waals surface area contributed by atoms with E-state index in [0.29, 0.717) is 0 Å². The molecule has 0 aromatic heterocycles. The fourth-order valence-corrected chi connectivity index (χ4v) is 4.97. The van der Waals surface area contributed by atoms with Crippen LogP contribution >= 0.6 is 23.5 Å². The van der Waals surface area contributed by atoms with Crippen molar-refractivity contribution in [2.24, 2.45) is 5.92 Å². The van der Waals surface area contributed by atoms with Gasteiger partial charge in [-0.2, -0.15) is 11.8 Å². The monoisotopic (exact) mass is 400 g/mol. The molecular formula is C22H28N2OS2. The van der Waals surface area contributed by atoms with Gasteiger partial charge in [0.25, 0.3) is 0 Å². The average Bonchev–Trinajstić information content (AvgIpc) is 2.69. The van der Waals surface area contributed by atoms with Gasteiger partial charge < -0.3 is 5.32 Å². The van der Waals surface area contributed by atoms with E-state index in [-0.39, 0.29) is 11.8 Å². The van der Waals surface area contributed by atoms with Crippen LogP contribution in [0.5, 0.6) is 0 Å². The summed E-state index contributed by atoms with van der Waals surface area (Å²) in [6.07, 6.45) is 0. The molecule has 1 saturated heterocycles. The van der Waals surface area contributed by atoms with Crippen LogP contribution in [-0.4, -0.2) is 41.2 Å². The number of carbonyl (C=O) groups excluding carboxylic acids is 1. The molecule has 5 heteroatoms. The molecule has 144 valence electrons. The van der Waals surface area contributed by atoms with Crippen molar-refractivity contribution >= 4 is 35.1 Å². The van der Waals surface area contributed by atoms with Crippen LogP contribution in [0.2, 0.25) is 0 Å². The largest absolute Gasteiger partial charge is 0.326 e. The van der Waals surface area contributed by atoms with E-state index in [9.17, 15) is 4.79 Å². The van der Waals surface area contributed by atoms with Crippen LogP contribution in [0.15, 0.2) is 53.4 Å². The third-order valence-electron chi connectivity index (χ3n) is 4.75. The number of hydrogen-bond acceptors (Lipinski definition) is 4. The Balaban J connectivity index is 1.52. The summed E-state index contributed by atoms with van der Waals surface area (Å²) >= 11 is 3.76. The van der Waals surface area contributed by atoms with E-state index < -0.39 is 0 Å². The highest BCUT2D eigenvalue weighted by atomic mass is 32.2. The van der Waals surface area contributed by atoms with Crippen LogP contribution in [-0.2, 0) is 11.3 Å². The van der Waals surface area contributed by atoms with Gasteiger partial charge in [0.15, 0.2) is 0 Å². The van der Waals surface area contributed by atoms with Crippen LogP contribution in [0.4, 0.5) is 5.69 Å². The summed E-state index contributed by atoms with van der Waals surface area (Å²) in [5.74, 6) is 3.28. The minimum atomic E-state index is -0.0415. The first-order valence-corrected chi connectivity index (χ1v) is 11.6. The van der Waals surface area contributed by atoms with E-state index in [0.717, 1.165) is 23.5 Å². The van der Waals surface area contributed by atoms with Gasteiger partial charge in [0, 0.05) is 53.4 Å². The highest BCUT2D eigenvalue weighted by Crippen LogP contribution is 2.23. The van der Waals surface area contributed by atoms with Crippen molar-refractivity contribution in [1.82, 2.24) is 4.90 Å². The molecule has 27 heavy (non-hydrogen) atoms. The van der Waals surface area contributed by atoms with E-state index in [4.69, 9.17) is 0 Å². The number of amides is 1. The molecule has 1 heterocycles. The second kappa shape index (κ2) is 10.2. The normalized spacial score (nSPS) is 16.1. The Morgan fingerprint density at radius 1 is 1.19 bits per heavy atom. The van der Waals surface area contributed by atoms with Crippen molar-refractivity contribution in [2.75, 3.05) is 35.7 Å². The zero-order valence-corrected chi connectivity index (χ0v) is 17.7. The second-order valence-electron chi connectivity index (χ2n) is 7.05. The fraction of sp³-hybridized carbons (Fsp3) is 0.409. The van der Waals surface area contributed by atoms with Crippen molar-refractivity contribution in [3.63, 3.8) is 0 Å². The molecule has 0 saturated carbocycles. The summed E-state index contributed by atoms with van der Waals surface area (Å²) < 4.78 is 0. The molecule has 0 bridgehead atoms. The first kappa shape index (κ1) is 20.3. The maximum Gasteiger partial charge on any atom is 0.228 e. The first-order chi connectivity index (χ1) is 13.1. The summed E-state index contributed by atoms with van der Waals surface area (Å²) in [5.41, 5.74) is 3.38. The van der Waals surface area contributed by atoms with Crippen molar-refractivity contribution in [1.29, 1.82) is 0 Å². The van der Waals surface area contributed by atoms with Crippen molar-refractivity contribution in [2.45, 2.75) is 25.3 Å². The molecule has 1 unspecified atom stereocenters. The molecule has 2 aromatic carbocycles. The highest BCUT2D eigenvalue weighted by Gasteiger charge is 2.15. The lowest BCUT2D eigenvalue weighted by atomic mass is 10.1. The van der Waals surface area contributed by atoms with Gasteiger partial charge in [-0.1, -0.05) is 37.3 Å². The van der Waals surface area contributed by atoms with Gasteiger partial charge in [0.1, 0.15) is 0 Å². The molecule has 1 aliphatic rings. The lowest BCUT2D eigenvalue weighted by molar-refractivity contribution is -0.118. The standard InChI is InChI=1S/C22H28N2OS2/c1-17-14-19(15-24-10-12-26-13-11-24)8-9-21(17)23-22(25)18(2)16-27-20-6-4-3-5-7-20/h3-9,14,18H,10-13,15-16H2,1-2H3,(H,23,25). The van der Waals surface area contributed by atoms with E-state index in [1.165, 1.54) is 35.1 Å². The lowest BCUT2D eigenvalue weighted by Gasteiger charge is -2.26. The minimum absolute atomic E-state index is 0.0415. The van der Waals surface area contributed by atoms with Crippen LogP contribution in [0.25, 0.3) is 0 Å². The Morgan fingerprint density at radius 2 is 1.93 bits per heavy atom. The number of aryl methyl sites for hydroxylation is 1. The number of carbonyl (C=O) groups is 1. The SMILES string of the molecule is Cc1cc(CN2CCSCC2)ccc1NC(=O)C(C)CSc1ccccc1. The summed E-state index contributed by atoms with van der Waals surface area (Å²) in [4.78, 5) is 16.3. The van der Waals surface area contributed by atoms with Crippen molar-refractivity contribution in [3.05, 3.63) is 59.7 Å². The predicted octanol–water partition coefficient (Wildman–Crippen LogP) is 4.91. The number of rotatable bonds is 7. The smallest absolute Gasteiger partial charge is 0.228 e. The Labute approximate surface area is 171 Å². The highest BCUT2D eigenvalue weighted by molar-refractivity contribution is 7.99. The number of anilines is 1. The second-order valence-corrected chi connectivity index (χ2v) is 9.37. The molecule has 1 N–H and O–H groups in total. The van der Waals surface area contributed by atoms with Crippen LogP contribution < -0.4 is 5.32 Å². The minimum Gasteiger partial charge on any atom is -0.326 e. The zero-order valence-electron chi connectivity index (χ0n) is 16.1. The molecule has 3 rings (SSSR count). The number of benzene rings is 2. The van der Waals surface area contributed by atoms with Gasteiger partial charge in [-0.3, -0.25) is 9.69 Å². The molecule has 0 spiro atoms. The summed E-state index contributed by atoms with van der Waals surface area (Å²) in [6, 6.07) is 16.6.